The molecule has 1 saturated heterocycles. The number of benzene rings is 3. The Morgan fingerprint density at radius 2 is 1.76 bits per heavy atom. The zero-order valence-corrected chi connectivity index (χ0v) is 22.4. The molecular weight excluding hydrogens is 472 g/mol. The van der Waals surface area contributed by atoms with Crippen LogP contribution in [0.4, 0.5) is 0 Å². The van der Waals surface area contributed by atoms with Crippen molar-refractivity contribution < 1.29 is 13.9 Å². The zero-order valence-electron chi connectivity index (χ0n) is 22.4. The minimum absolute atomic E-state index is 0.211. The molecule has 2 aliphatic rings. The third-order valence-corrected chi connectivity index (χ3v) is 7.41. The fourth-order valence-electron chi connectivity index (χ4n) is 5.40. The van der Waals surface area contributed by atoms with Crippen LogP contribution in [0.5, 0.6) is 5.75 Å². The number of fused-ring (bicyclic) bond motifs is 2. The molecule has 0 unspecified atom stereocenters. The van der Waals surface area contributed by atoms with E-state index in [1.165, 1.54) is 29.2 Å². The summed E-state index contributed by atoms with van der Waals surface area (Å²) >= 11 is 0. The Hall–Kier alpha value is -3.75. The first-order valence-electron chi connectivity index (χ1n) is 13.5. The van der Waals surface area contributed by atoms with Gasteiger partial charge in [0.15, 0.2) is 5.76 Å². The van der Waals surface area contributed by atoms with E-state index in [9.17, 15) is 0 Å². The molecule has 1 aromatic heterocycles. The van der Waals surface area contributed by atoms with Crippen molar-refractivity contribution in [3.63, 3.8) is 0 Å². The largest absolute Gasteiger partial charge is 0.493 e. The molecule has 0 saturated carbocycles. The van der Waals surface area contributed by atoms with E-state index >= 15 is 0 Å². The number of hydrogen-bond acceptors (Lipinski definition) is 5. The lowest BCUT2D eigenvalue weighted by molar-refractivity contribution is 0.193. The van der Waals surface area contributed by atoms with E-state index in [1.807, 2.05) is 24.3 Å². The summed E-state index contributed by atoms with van der Waals surface area (Å²) in [6, 6.07) is 23.6. The van der Waals surface area contributed by atoms with Crippen LogP contribution in [0.1, 0.15) is 50.4 Å². The normalized spacial score (nSPS) is 17.5. The Kier molecular flexibility index (Phi) is 7.72. The molecule has 38 heavy (non-hydrogen) atoms. The lowest BCUT2D eigenvalue weighted by Gasteiger charge is -2.32. The average molecular weight is 509 g/mol. The van der Waals surface area contributed by atoms with Gasteiger partial charge in [0.05, 0.1) is 17.5 Å². The topological polar surface area (TPSA) is 47.2 Å². The van der Waals surface area contributed by atoms with Gasteiger partial charge < -0.3 is 18.8 Å². The van der Waals surface area contributed by atoms with Gasteiger partial charge in [-0.1, -0.05) is 48.5 Å². The maximum atomic E-state index is 6.19. The molecule has 3 aromatic carbocycles. The van der Waals surface area contributed by atoms with E-state index in [0.717, 1.165) is 42.8 Å². The van der Waals surface area contributed by atoms with Gasteiger partial charge in [0.2, 0.25) is 0 Å². The summed E-state index contributed by atoms with van der Waals surface area (Å²) in [7, 11) is 0. The highest BCUT2D eigenvalue weighted by atomic mass is 16.5. The van der Waals surface area contributed by atoms with Gasteiger partial charge >= 0.3 is 0 Å². The van der Waals surface area contributed by atoms with Crippen LogP contribution in [-0.4, -0.2) is 49.2 Å². The molecule has 1 fully saturated rings. The van der Waals surface area contributed by atoms with Crippen molar-refractivity contribution >= 4 is 27.6 Å². The second-order valence-corrected chi connectivity index (χ2v) is 10.7. The summed E-state index contributed by atoms with van der Waals surface area (Å²) in [6.45, 7) is 8.74. The maximum Gasteiger partial charge on any atom is 0.253 e. The highest BCUT2D eigenvalue weighted by molar-refractivity contribution is 5.98. The lowest BCUT2D eigenvalue weighted by atomic mass is 9.88. The fraction of sp³-hybridized carbons (Fsp3) is 0.364. The quantitative estimate of drug-likeness (QED) is 0.198. The number of nitrogens with zero attached hydrogens (tertiary/aromatic N) is 2. The molecule has 0 atom stereocenters. The summed E-state index contributed by atoms with van der Waals surface area (Å²) in [5.41, 5.74) is 2.08. The Bertz CT molecular complexity index is 1440. The van der Waals surface area contributed by atoms with E-state index in [4.69, 9.17) is 13.9 Å². The van der Waals surface area contributed by atoms with Gasteiger partial charge in [-0.3, -0.25) is 0 Å². The fourth-order valence-corrected chi connectivity index (χ4v) is 5.40. The highest BCUT2D eigenvalue weighted by Crippen LogP contribution is 2.32. The van der Waals surface area contributed by atoms with E-state index in [0.29, 0.717) is 30.8 Å². The number of likely N-dealkylation sites (tertiary alicyclic amines) is 1. The van der Waals surface area contributed by atoms with Crippen molar-refractivity contribution in [3.05, 3.63) is 78.1 Å². The van der Waals surface area contributed by atoms with Crippen LogP contribution in [0.2, 0.25) is 0 Å². The maximum absolute atomic E-state index is 6.19. The Labute approximate surface area is 225 Å². The minimum Gasteiger partial charge on any atom is -0.493 e. The highest BCUT2D eigenvalue weighted by Gasteiger charge is 2.29. The van der Waals surface area contributed by atoms with Crippen LogP contribution in [0.25, 0.3) is 21.7 Å². The van der Waals surface area contributed by atoms with Gasteiger partial charge in [0, 0.05) is 12.6 Å². The predicted molar refractivity (Wildman–Crippen MR) is 155 cm³/mol. The summed E-state index contributed by atoms with van der Waals surface area (Å²) in [5, 5.41) is 3.65. The van der Waals surface area contributed by atoms with Crippen LogP contribution in [0.15, 0.2) is 76.1 Å². The molecule has 0 N–H and O–H groups in total. The number of rotatable bonds is 7. The monoisotopic (exact) mass is 508 g/mol. The van der Waals surface area contributed by atoms with Crippen LogP contribution in [-0.2, 0) is 4.74 Å². The van der Waals surface area contributed by atoms with Crippen LogP contribution >= 0.6 is 0 Å². The lowest BCUT2D eigenvalue weighted by Crippen LogP contribution is -2.34. The van der Waals surface area contributed by atoms with Crippen LogP contribution in [0, 0.1) is 12.8 Å². The first-order chi connectivity index (χ1) is 18.5. The molecule has 3 heterocycles. The van der Waals surface area contributed by atoms with Gasteiger partial charge in [-0.05, 0) is 80.6 Å². The Morgan fingerprint density at radius 3 is 2.53 bits per heavy atom. The first kappa shape index (κ1) is 25.9. The van der Waals surface area contributed by atoms with Crippen LogP contribution < -0.4 is 4.74 Å². The number of piperidine rings is 1. The van der Waals surface area contributed by atoms with Gasteiger partial charge in [-0.2, -0.15) is 0 Å². The second kappa shape index (κ2) is 11.3. The molecule has 5 heteroatoms. The van der Waals surface area contributed by atoms with Crippen molar-refractivity contribution in [3.8, 4) is 18.6 Å². The van der Waals surface area contributed by atoms with Crippen molar-refractivity contribution in [2.75, 3.05) is 32.8 Å². The van der Waals surface area contributed by atoms with Gasteiger partial charge in [-0.15, -0.1) is 12.8 Å². The molecule has 0 amide bonds. The molecule has 0 spiro atoms. The molecule has 6 rings (SSSR count). The van der Waals surface area contributed by atoms with Crippen molar-refractivity contribution in [2.24, 2.45) is 4.99 Å². The smallest absolute Gasteiger partial charge is 0.253 e. The molecule has 0 radical (unpaired) electrons. The summed E-state index contributed by atoms with van der Waals surface area (Å²) in [5.74, 6) is 2.76. The number of aliphatic imine (C=N–C) groups is 1. The van der Waals surface area contributed by atoms with E-state index in [2.05, 4.69) is 79.1 Å². The van der Waals surface area contributed by atoms with Gasteiger partial charge in [0.25, 0.3) is 5.90 Å². The van der Waals surface area contributed by atoms with Gasteiger partial charge in [0.1, 0.15) is 17.9 Å². The number of terminal acetylenes is 1. The van der Waals surface area contributed by atoms with Crippen molar-refractivity contribution in [1.29, 1.82) is 0 Å². The molecule has 4 aromatic rings. The molecule has 2 aliphatic heterocycles. The Balaban J connectivity index is 0.00000144. The molecule has 0 bridgehead atoms. The zero-order chi connectivity index (χ0) is 26.5. The molecule has 0 aliphatic carbocycles. The molecule has 196 valence electrons. The summed E-state index contributed by atoms with van der Waals surface area (Å²) < 4.78 is 18.0. The first-order valence-corrected chi connectivity index (χ1v) is 13.5. The summed E-state index contributed by atoms with van der Waals surface area (Å²) in [4.78, 5) is 7.21. The number of hydrogen-bond donors (Lipinski definition) is 0. The second-order valence-electron chi connectivity index (χ2n) is 10.7. The van der Waals surface area contributed by atoms with E-state index in [-0.39, 0.29) is 5.54 Å². The standard InChI is InChI=1S/C31H34N2O3.C2H2/c1-31(2)21-35-30(32-31)29-20-26-27(9-5-10-28(26)36-29)34-18-6-15-33-16-13-23(14-17-33)25-12-11-22-7-3-4-8-24(22)19-25;1-2/h3-5,7-12,19-20,23H,6,13-18,21H2,1-2H3;1-2H. The Morgan fingerprint density at radius 1 is 0.974 bits per heavy atom. The SMILES string of the molecule is C#C.CC1(C)COC(c2cc3c(OCCCN4CCC(c5ccc6ccccc6c5)CC4)cccc3o2)=N1. The third-order valence-electron chi connectivity index (χ3n) is 7.41. The van der Waals surface area contributed by atoms with Crippen LogP contribution in [0.3, 0.4) is 0 Å². The van der Waals surface area contributed by atoms with E-state index < -0.39 is 0 Å². The average Bonchev–Trinajstić information content (AvgIpc) is 3.55. The molecular formula is C33H36N2O3. The van der Waals surface area contributed by atoms with Crippen molar-refractivity contribution in [2.45, 2.75) is 44.6 Å². The van der Waals surface area contributed by atoms with Crippen molar-refractivity contribution in [1.82, 2.24) is 4.90 Å². The predicted octanol–water partition coefficient (Wildman–Crippen LogP) is 7.04. The molecule has 5 nitrogen and oxygen atoms in total. The summed E-state index contributed by atoms with van der Waals surface area (Å²) in [6.07, 6.45) is 11.4. The van der Waals surface area contributed by atoms with Gasteiger partial charge in [-0.25, -0.2) is 4.99 Å². The minimum atomic E-state index is -0.211. The number of furan rings is 1. The third kappa shape index (κ3) is 5.71. The van der Waals surface area contributed by atoms with E-state index in [1.54, 1.807) is 0 Å². The number of ether oxygens (including phenoxy) is 2.